The molecule has 1 saturated heterocycles. The van der Waals surface area contributed by atoms with E-state index in [1.54, 1.807) is 32.5 Å². The van der Waals surface area contributed by atoms with Crippen LogP contribution in [0.3, 0.4) is 0 Å². The largest absolute Gasteiger partial charge is 0.496 e. The van der Waals surface area contributed by atoms with Gasteiger partial charge in [-0.05, 0) is 37.4 Å². The molecular formula is C26H29N3O4. The number of methoxy groups -OCH3 is 2. The molecule has 2 heterocycles. The molecule has 1 aliphatic heterocycles. The molecule has 0 radical (unpaired) electrons. The number of hydrogen-bond donors (Lipinski definition) is 0. The number of ether oxygens (including phenoxy) is 3. The molecule has 4 rings (SSSR count). The van der Waals surface area contributed by atoms with Gasteiger partial charge in [0.1, 0.15) is 12.4 Å². The number of carbonyl (C=O) groups is 1. The van der Waals surface area contributed by atoms with Crippen molar-refractivity contribution in [1.82, 2.24) is 14.8 Å². The first kappa shape index (κ1) is 22.6. The van der Waals surface area contributed by atoms with Crippen molar-refractivity contribution in [3.8, 4) is 17.2 Å². The molecule has 1 fully saturated rings. The van der Waals surface area contributed by atoms with Crippen molar-refractivity contribution in [1.29, 1.82) is 0 Å². The maximum atomic E-state index is 13.7. The first-order valence-corrected chi connectivity index (χ1v) is 10.9. The molecule has 172 valence electrons. The fourth-order valence-corrected chi connectivity index (χ4v) is 4.13. The Labute approximate surface area is 194 Å². The quantitative estimate of drug-likeness (QED) is 0.549. The highest BCUT2D eigenvalue weighted by atomic mass is 16.5. The van der Waals surface area contributed by atoms with Crippen LogP contribution >= 0.6 is 0 Å². The lowest BCUT2D eigenvalue weighted by Gasteiger charge is -2.40. The van der Waals surface area contributed by atoms with Gasteiger partial charge >= 0.3 is 0 Å². The van der Waals surface area contributed by atoms with Crippen LogP contribution in [-0.4, -0.2) is 61.6 Å². The first-order valence-electron chi connectivity index (χ1n) is 10.9. The number of aromatic nitrogens is 1. The number of likely N-dealkylation sites (N-methyl/N-ethyl adjacent to an activating group) is 1. The second-order valence-corrected chi connectivity index (χ2v) is 7.94. The zero-order valence-electron chi connectivity index (χ0n) is 19.2. The fourth-order valence-electron chi connectivity index (χ4n) is 4.13. The van der Waals surface area contributed by atoms with E-state index in [4.69, 9.17) is 14.2 Å². The smallest absolute Gasteiger partial charge is 0.257 e. The van der Waals surface area contributed by atoms with Crippen LogP contribution in [0.25, 0.3) is 0 Å². The highest BCUT2D eigenvalue weighted by molar-refractivity contribution is 5.98. The normalized spacial score (nSPS) is 16.3. The van der Waals surface area contributed by atoms with Crippen molar-refractivity contribution in [2.75, 3.05) is 40.9 Å². The molecule has 2 aromatic carbocycles. The van der Waals surface area contributed by atoms with E-state index in [0.29, 0.717) is 30.2 Å². The van der Waals surface area contributed by atoms with E-state index < -0.39 is 0 Å². The van der Waals surface area contributed by atoms with Crippen LogP contribution in [0.2, 0.25) is 0 Å². The van der Waals surface area contributed by atoms with Crippen LogP contribution in [0.15, 0.2) is 66.9 Å². The molecule has 1 amide bonds. The summed E-state index contributed by atoms with van der Waals surface area (Å²) in [4.78, 5) is 22.1. The minimum absolute atomic E-state index is 0.0299. The molecule has 33 heavy (non-hydrogen) atoms. The fraction of sp³-hybridized carbons (Fsp3) is 0.308. The van der Waals surface area contributed by atoms with Crippen LogP contribution in [0.1, 0.15) is 27.7 Å². The number of rotatable bonds is 7. The van der Waals surface area contributed by atoms with E-state index in [0.717, 1.165) is 23.6 Å². The maximum Gasteiger partial charge on any atom is 0.257 e. The van der Waals surface area contributed by atoms with Gasteiger partial charge in [-0.1, -0.05) is 30.3 Å². The maximum absolute atomic E-state index is 13.7. The Balaban J connectivity index is 1.59. The summed E-state index contributed by atoms with van der Waals surface area (Å²) in [5.74, 6) is 1.69. The number of amides is 1. The molecule has 0 unspecified atom stereocenters. The highest BCUT2D eigenvalue weighted by Crippen LogP contribution is 2.35. The van der Waals surface area contributed by atoms with Crippen LogP contribution in [-0.2, 0) is 6.61 Å². The average molecular weight is 448 g/mol. The molecule has 1 aliphatic rings. The number of carbonyl (C=O) groups excluding carboxylic acids is 1. The lowest BCUT2D eigenvalue weighted by atomic mass is 10.0. The lowest BCUT2D eigenvalue weighted by molar-refractivity contribution is 0.0537. The van der Waals surface area contributed by atoms with Crippen molar-refractivity contribution in [2.45, 2.75) is 12.6 Å². The SMILES string of the molecule is COc1ccccc1[C@H]1CN(C(=O)c2cccc(OC)c2OCc2ccccn2)CCN1C. The predicted molar refractivity (Wildman–Crippen MR) is 126 cm³/mol. The summed E-state index contributed by atoms with van der Waals surface area (Å²) in [6.45, 7) is 2.17. The van der Waals surface area contributed by atoms with Gasteiger partial charge in [-0.2, -0.15) is 0 Å². The van der Waals surface area contributed by atoms with Crippen molar-refractivity contribution in [3.63, 3.8) is 0 Å². The molecular weight excluding hydrogens is 418 g/mol. The van der Waals surface area contributed by atoms with E-state index in [2.05, 4.69) is 23.0 Å². The Morgan fingerprint density at radius 2 is 1.73 bits per heavy atom. The summed E-state index contributed by atoms with van der Waals surface area (Å²) in [6, 6.07) is 19.0. The molecule has 0 aliphatic carbocycles. The zero-order valence-corrected chi connectivity index (χ0v) is 19.2. The van der Waals surface area contributed by atoms with Gasteiger partial charge < -0.3 is 19.1 Å². The van der Waals surface area contributed by atoms with Gasteiger partial charge in [0.05, 0.1) is 31.5 Å². The zero-order chi connectivity index (χ0) is 23.2. The standard InChI is InChI=1S/C26H29N3O4/c1-28-15-16-29(17-22(28)20-10-4-5-12-23(20)31-2)26(30)21-11-8-13-24(32-3)25(21)33-18-19-9-6-7-14-27-19/h4-14,22H,15-18H2,1-3H3/t22-/m1/s1. The van der Waals surface area contributed by atoms with Crippen molar-refractivity contribution >= 4 is 5.91 Å². The summed E-state index contributed by atoms with van der Waals surface area (Å²) in [5.41, 5.74) is 2.32. The Bertz CT molecular complexity index is 1090. The molecule has 7 heteroatoms. The third-order valence-electron chi connectivity index (χ3n) is 5.95. The van der Waals surface area contributed by atoms with Gasteiger partial charge in [0.2, 0.25) is 0 Å². The van der Waals surface area contributed by atoms with Crippen molar-refractivity contribution in [3.05, 3.63) is 83.7 Å². The number of piperazine rings is 1. The van der Waals surface area contributed by atoms with E-state index in [-0.39, 0.29) is 18.6 Å². The molecule has 1 atom stereocenters. The van der Waals surface area contributed by atoms with Crippen molar-refractivity contribution < 1.29 is 19.0 Å². The highest BCUT2D eigenvalue weighted by Gasteiger charge is 2.32. The molecule has 0 bridgehead atoms. The van der Waals surface area contributed by atoms with E-state index in [1.807, 2.05) is 47.4 Å². The number of para-hydroxylation sites is 2. The summed E-state index contributed by atoms with van der Waals surface area (Å²) in [5, 5.41) is 0. The Hall–Kier alpha value is -3.58. The number of hydrogen-bond acceptors (Lipinski definition) is 6. The minimum atomic E-state index is -0.0853. The lowest BCUT2D eigenvalue weighted by Crippen LogP contribution is -2.49. The monoisotopic (exact) mass is 447 g/mol. The van der Waals surface area contributed by atoms with Crippen LogP contribution in [0, 0.1) is 0 Å². The van der Waals surface area contributed by atoms with Gasteiger partial charge in [-0.15, -0.1) is 0 Å². The molecule has 1 aromatic heterocycles. The topological polar surface area (TPSA) is 64.1 Å². The third kappa shape index (κ3) is 4.93. The molecule has 0 spiro atoms. The van der Waals surface area contributed by atoms with Gasteiger partial charge in [0.15, 0.2) is 11.5 Å². The van der Waals surface area contributed by atoms with E-state index in [9.17, 15) is 4.79 Å². The summed E-state index contributed by atoms with van der Waals surface area (Å²) in [6.07, 6.45) is 1.72. The summed E-state index contributed by atoms with van der Waals surface area (Å²) >= 11 is 0. The van der Waals surface area contributed by atoms with Gasteiger partial charge in [-0.3, -0.25) is 14.7 Å². The summed E-state index contributed by atoms with van der Waals surface area (Å²) in [7, 11) is 5.32. The van der Waals surface area contributed by atoms with Crippen molar-refractivity contribution in [2.24, 2.45) is 0 Å². The second-order valence-electron chi connectivity index (χ2n) is 7.94. The van der Waals surface area contributed by atoms with Gasteiger partial charge in [0.25, 0.3) is 5.91 Å². The van der Waals surface area contributed by atoms with Crippen LogP contribution < -0.4 is 14.2 Å². The number of nitrogens with zero attached hydrogens (tertiary/aromatic N) is 3. The van der Waals surface area contributed by atoms with Crippen LogP contribution in [0.4, 0.5) is 0 Å². The van der Waals surface area contributed by atoms with Gasteiger partial charge in [-0.25, -0.2) is 0 Å². The minimum Gasteiger partial charge on any atom is -0.496 e. The Morgan fingerprint density at radius 3 is 2.48 bits per heavy atom. The van der Waals surface area contributed by atoms with Gasteiger partial charge in [0, 0.05) is 31.4 Å². The molecule has 0 saturated carbocycles. The molecule has 0 N–H and O–H groups in total. The van der Waals surface area contributed by atoms with Crippen LogP contribution in [0.5, 0.6) is 17.2 Å². The average Bonchev–Trinajstić information content (AvgIpc) is 2.87. The molecule has 7 nitrogen and oxygen atoms in total. The number of pyridine rings is 1. The third-order valence-corrected chi connectivity index (χ3v) is 5.95. The van der Waals surface area contributed by atoms with E-state index in [1.165, 1.54) is 0 Å². The first-order chi connectivity index (χ1) is 16.1. The second kappa shape index (κ2) is 10.4. The Morgan fingerprint density at radius 1 is 0.970 bits per heavy atom. The number of benzene rings is 2. The Kier molecular flexibility index (Phi) is 7.10. The predicted octanol–water partition coefficient (Wildman–Crippen LogP) is 3.81. The van der Waals surface area contributed by atoms with E-state index >= 15 is 0 Å². The summed E-state index contributed by atoms with van der Waals surface area (Å²) < 4.78 is 17.1. The molecule has 3 aromatic rings.